The molecule has 0 radical (unpaired) electrons. The van der Waals surface area contributed by atoms with E-state index in [1.165, 1.54) is 0 Å². The molecule has 3 rings (SSSR count). The van der Waals surface area contributed by atoms with Gasteiger partial charge in [-0.15, -0.1) is 31.4 Å². The molecule has 1 aliphatic carbocycles. The molecule has 0 aromatic heterocycles. The van der Waals surface area contributed by atoms with Crippen molar-refractivity contribution in [2.24, 2.45) is 10.9 Å². The lowest BCUT2D eigenvalue weighted by Gasteiger charge is -2.27. The molecule has 0 saturated heterocycles. The number of hydrogen-bond donors (Lipinski definition) is 4. The molecule has 2 unspecified atom stereocenters. The number of nitrogens with zero attached hydrogens (tertiary/aromatic N) is 1. The zero-order chi connectivity index (χ0) is 25.1. The lowest BCUT2D eigenvalue weighted by Crippen LogP contribution is -2.30. The molecule has 2 aromatic rings. The summed E-state index contributed by atoms with van der Waals surface area (Å²) in [6.07, 6.45) is 1.82. The van der Waals surface area contributed by atoms with Gasteiger partial charge in [0.1, 0.15) is 5.67 Å². The van der Waals surface area contributed by atoms with E-state index in [0.717, 1.165) is 28.2 Å². The largest absolute Gasteiger partial charge is 0.394 e. The highest BCUT2D eigenvalue weighted by atomic mass is 33.5. The number of carbonyl (C=O) groups is 1. The minimum atomic E-state index is -1.45. The van der Waals surface area contributed by atoms with Crippen LogP contribution in [0.4, 0.5) is 10.1 Å². The third-order valence-electron chi connectivity index (χ3n) is 6.49. The maximum absolute atomic E-state index is 15.0. The Balaban J connectivity index is 1.82. The van der Waals surface area contributed by atoms with Crippen LogP contribution in [0.1, 0.15) is 67.6 Å². The summed E-state index contributed by atoms with van der Waals surface area (Å²) in [7, 11) is -1.45. The number of aryl methyl sites for hydroxylation is 1. The summed E-state index contributed by atoms with van der Waals surface area (Å²) in [5.41, 5.74) is 1.97. The fourth-order valence-electron chi connectivity index (χ4n) is 3.77. The molecule has 2 N–H and O–H groups in total. The molecule has 2 aromatic carbocycles. The van der Waals surface area contributed by atoms with Gasteiger partial charge in [-0.1, -0.05) is 39.0 Å². The van der Waals surface area contributed by atoms with E-state index in [0.29, 0.717) is 29.8 Å². The molecule has 1 amide bonds. The average Bonchev–Trinajstić information content (AvgIpc) is 3.59. The van der Waals surface area contributed by atoms with Crippen molar-refractivity contribution in [1.29, 1.82) is 0 Å². The smallest absolute Gasteiger partial charge is 0.251 e. The molecule has 0 heterocycles. The zero-order valence-electron chi connectivity index (χ0n) is 20.2. The first-order valence-corrected chi connectivity index (χ1v) is 15.6. The normalized spacial score (nSPS) is 17.7. The summed E-state index contributed by atoms with van der Waals surface area (Å²) in [6.45, 7) is 7.74. The summed E-state index contributed by atoms with van der Waals surface area (Å²) in [5, 5.41) is 12.9. The number of aliphatic hydroxyl groups is 1. The number of benzene rings is 2. The molecule has 0 bridgehead atoms. The van der Waals surface area contributed by atoms with E-state index in [1.54, 1.807) is 12.1 Å². The number of halogens is 1. The van der Waals surface area contributed by atoms with Crippen LogP contribution in [0.25, 0.3) is 0 Å². The van der Waals surface area contributed by atoms with Crippen LogP contribution in [0.5, 0.6) is 0 Å². The van der Waals surface area contributed by atoms with Crippen LogP contribution in [-0.2, 0) is 0 Å². The monoisotopic (exact) mass is 522 g/mol. The van der Waals surface area contributed by atoms with Gasteiger partial charge >= 0.3 is 0 Å². The first kappa shape index (κ1) is 27.1. The van der Waals surface area contributed by atoms with E-state index in [-0.39, 0.29) is 18.4 Å². The van der Waals surface area contributed by atoms with Crippen molar-refractivity contribution in [3.05, 3.63) is 59.2 Å². The molecule has 1 fully saturated rings. The van der Waals surface area contributed by atoms with Gasteiger partial charge in [-0.3, -0.25) is 9.79 Å². The molecular formula is C26H35FN2O2S3. The molecule has 4 nitrogen and oxygen atoms in total. The van der Waals surface area contributed by atoms with Crippen molar-refractivity contribution in [2.45, 2.75) is 63.6 Å². The number of rotatable bonds is 10. The van der Waals surface area contributed by atoms with E-state index in [2.05, 4.69) is 28.6 Å². The summed E-state index contributed by atoms with van der Waals surface area (Å²) in [4.78, 5) is 18.8. The van der Waals surface area contributed by atoms with Gasteiger partial charge in [0, 0.05) is 10.5 Å². The van der Waals surface area contributed by atoms with E-state index in [1.807, 2.05) is 58.0 Å². The standard InChI is InChI=1S/C26H35FN2O2S3/c1-5-17(3)24(26(27)13-14-26)28-22-15-20(8-7-18(22)4)25(31)29-23(16-30)19-9-11-21(12-10-19)34(32,33)6-2/h7-12,15,17,23,30,32-33H,5-6,13-14,16H2,1-4H3,(H,29,31). The van der Waals surface area contributed by atoms with Crippen LogP contribution in [0.15, 0.2) is 52.4 Å². The highest BCUT2D eigenvalue weighted by Crippen LogP contribution is 2.63. The van der Waals surface area contributed by atoms with Crippen molar-refractivity contribution < 1.29 is 14.3 Å². The number of hydrogen-bond acceptors (Lipinski definition) is 5. The molecule has 186 valence electrons. The molecular weight excluding hydrogens is 487 g/mol. The van der Waals surface area contributed by atoms with Crippen LogP contribution in [-0.4, -0.2) is 34.8 Å². The van der Waals surface area contributed by atoms with E-state index in [9.17, 15) is 14.3 Å². The number of carbonyl (C=O) groups excluding carboxylic acids is 1. The minimum Gasteiger partial charge on any atom is -0.394 e. The Morgan fingerprint density at radius 3 is 2.38 bits per heavy atom. The van der Waals surface area contributed by atoms with E-state index in [4.69, 9.17) is 4.99 Å². The van der Waals surface area contributed by atoms with Gasteiger partial charge in [0.25, 0.3) is 5.91 Å². The summed E-state index contributed by atoms with van der Waals surface area (Å²) >= 11 is 9.33. The lowest BCUT2D eigenvalue weighted by atomic mass is 9.97. The van der Waals surface area contributed by atoms with Crippen molar-refractivity contribution >= 4 is 48.7 Å². The SMILES string of the molecule is CCC(C)C(=Nc1cc(C(=O)NC(CO)c2ccc(S(S)(S)CC)cc2)ccc1C)C1(F)CC1. The second kappa shape index (κ2) is 11.1. The van der Waals surface area contributed by atoms with Crippen LogP contribution < -0.4 is 5.32 Å². The third kappa shape index (κ3) is 6.20. The molecule has 0 aliphatic heterocycles. The molecule has 2 atom stereocenters. The van der Waals surface area contributed by atoms with Gasteiger partial charge < -0.3 is 10.4 Å². The second-order valence-corrected chi connectivity index (χ2v) is 16.0. The molecule has 8 heteroatoms. The van der Waals surface area contributed by atoms with Crippen molar-refractivity contribution in [1.82, 2.24) is 5.32 Å². The highest BCUT2D eigenvalue weighted by Gasteiger charge is 2.49. The first-order chi connectivity index (χ1) is 16.0. The minimum absolute atomic E-state index is 0.0360. The maximum atomic E-state index is 15.0. The Labute approximate surface area is 213 Å². The van der Waals surface area contributed by atoms with Crippen LogP contribution in [0.2, 0.25) is 0 Å². The van der Waals surface area contributed by atoms with Crippen LogP contribution in [0, 0.1) is 12.8 Å². The van der Waals surface area contributed by atoms with Gasteiger partial charge in [-0.25, -0.2) is 4.39 Å². The number of amides is 1. The van der Waals surface area contributed by atoms with E-state index < -0.39 is 19.8 Å². The zero-order valence-corrected chi connectivity index (χ0v) is 22.8. The predicted molar refractivity (Wildman–Crippen MR) is 149 cm³/mol. The van der Waals surface area contributed by atoms with Gasteiger partial charge in [0.2, 0.25) is 0 Å². The van der Waals surface area contributed by atoms with Gasteiger partial charge in [0.05, 0.1) is 24.0 Å². The summed E-state index contributed by atoms with van der Waals surface area (Å²) in [5.74, 6) is 0.552. The number of alkyl halides is 1. The second-order valence-electron chi connectivity index (χ2n) is 9.01. The highest BCUT2D eigenvalue weighted by molar-refractivity contribution is 9.17. The van der Waals surface area contributed by atoms with Crippen LogP contribution in [0.3, 0.4) is 0 Å². The number of aliphatic imine (C=N–C) groups is 1. The van der Waals surface area contributed by atoms with Crippen molar-refractivity contribution in [3.8, 4) is 0 Å². The van der Waals surface area contributed by atoms with Gasteiger partial charge in [0.15, 0.2) is 0 Å². The third-order valence-corrected chi connectivity index (χ3v) is 11.1. The Kier molecular flexibility index (Phi) is 8.82. The Morgan fingerprint density at radius 1 is 1.21 bits per heavy atom. The quantitative estimate of drug-likeness (QED) is 0.155. The van der Waals surface area contributed by atoms with Crippen LogP contribution >= 0.6 is 31.4 Å². The molecule has 1 saturated carbocycles. The topological polar surface area (TPSA) is 61.7 Å². The molecule has 0 spiro atoms. The first-order valence-electron chi connectivity index (χ1n) is 11.7. The number of nitrogens with one attached hydrogen (secondary N) is 1. The summed E-state index contributed by atoms with van der Waals surface area (Å²) in [6, 6.07) is 12.4. The fraction of sp³-hybridized carbons (Fsp3) is 0.462. The molecule has 34 heavy (non-hydrogen) atoms. The van der Waals surface area contributed by atoms with Crippen molar-refractivity contribution in [3.63, 3.8) is 0 Å². The van der Waals surface area contributed by atoms with E-state index >= 15 is 0 Å². The number of thiol groups is 2. The summed E-state index contributed by atoms with van der Waals surface area (Å²) < 4.78 is 15.0. The molecule has 1 aliphatic rings. The Bertz CT molecular complexity index is 1050. The lowest BCUT2D eigenvalue weighted by molar-refractivity contribution is 0.0916. The average molecular weight is 523 g/mol. The maximum Gasteiger partial charge on any atom is 0.251 e. The predicted octanol–water partition coefficient (Wildman–Crippen LogP) is 6.95. The van der Waals surface area contributed by atoms with Gasteiger partial charge in [-0.2, -0.15) is 0 Å². The number of aliphatic hydroxyl groups excluding tert-OH is 1. The Morgan fingerprint density at radius 2 is 1.85 bits per heavy atom. The fourth-order valence-corrected chi connectivity index (χ4v) is 5.41. The Hall–Kier alpha value is -1.48. The van der Waals surface area contributed by atoms with Crippen molar-refractivity contribution in [2.75, 3.05) is 12.4 Å². The van der Waals surface area contributed by atoms with Gasteiger partial charge in [-0.05, 0) is 73.2 Å².